The van der Waals surface area contributed by atoms with Crippen LogP contribution in [-0.2, 0) is 6.54 Å². The van der Waals surface area contributed by atoms with Crippen LogP contribution in [0.15, 0.2) is 70.9 Å². The van der Waals surface area contributed by atoms with Gasteiger partial charge >= 0.3 is 0 Å². The molecule has 31 heavy (non-hydrogen) atoms. The third kappa shape index (κ3) is 4.31. The van der Waals surface area contributed by atoms with Crippen molar-refractivity contribution in [3.05, 3.63) is 92.3 Å². The fraction of sp³-hybridized carbons (Fsp3) is 0.0909. The number of hydrogen-bond acceptors (Lipinski definition) is 7. The number of hydrogen-bond donors (Lipinski definition) is 0. The van der Waals surface area contributed by atoms with Gasteiger partial charge in [0.15, 0.2) is 0 Å². The highest BCUT2D eigenvalue weighted by Crippen LogP contribution is 2.28. The molecule has 0 unspecified atom stereocenters. The van der Waals surface area contributed by atoms with E-state index in [9.17, 15) is 20.3 Å². The summed E-state index contributed by atoms with van der Waals surface area (Å²) in [5, 5.41) is 42.8. The molecule has 0 radical (unpaired) electrons. The molecule has 0 saturated heterocycles. The molecule has 1 aromatic heterocycles. The van der Waals surface area contributed by atoms with Crippen LogP contribution >= 0.6 is 11.3 Å². The molecule has 1 heterocycles. The van der Waals surface area contributed by atoms with E-state index in [0.717, 1.165) is 33.6 Å². The zero-order valence-electron chi connectivity index (χ0n) is 16.4. The first kappa shape index (κ1) is 20.3. The van der Waals surface area contributed by atoms with Gasteiger partial charge in [-0.05, 0) is 41.5 Å². The highest BCUT2D eigenvalue weighted by Gasteiger charge is 2.09. The maximum absolute atomic E-state index is 12.0. The molecule has 9 heteroatoms. The van der Waals surface area contributed by atoms with Crippen LogP contribution in [0, 0.1) is 17.0 Å². The molecule has 0 fully saturated rings. The molecule has 4 rings (SSSR count). The minimum atomic E-state index is -0.926. The Bertz CT molecular complexity index is 1370. The van der Waals surface area contributed by atoms with E-state index >= 15 is 0 Å². The summed E-state index contributed by atoms with van der Waals surface area (Å²) in [4.78, 5) is 10.8. The van der Waals surface area contributed by atoms with E-state index in [2.05, 4.69) is 16.3 Å². The summed E-state index contributed by atoms with van der Waals surface area (Å²) in [5.74, 6) is -1.57. The van der Waals surface area contributed by atoms with Crippen molar-refractivity contribution in [2.75, 3.05) is 0 Å². The number of nitrogens with zero attached hydrogens (tertiary/aromatic N) is 4. The van der Waals surface area contributed by atoms with Crippen molar-refractivity contribution in [1.29, 1.82) is 0 Å². The normalized spacial score (nSPS) is 12.1. The Hall–Kier alpha value is -3.98. The molecule has 0 saturated carbocycles. The lowest BCUT2D eigenvalue weighted by Crippen LogP contribution is -2.15. The first-order valence-corrected chi connectivity index (χ1v) is 10.1. The van der Waals surface area contributed by atoms with Gasteiger partial charge in [-0.2, -0.15) is 5.10 Å². The van der Waals surface area contributed by atoms with Gasteiger partial charge < -0.3 is 14.8 Å². The van der Waals surface area contributed by atoms with Crippen LogP contribution in [0.3, 0.4) is 0 Å². The summed E-state index contributed by atoms with van der Waals surface area (Å²) >= 11 is 1.45. The van der Waals surface area contributed by atoms with Crippen molar-refractivity contribution in [3.8, 4) is 11.5 Å². The van der Waals surface area contributed by atoms with Crippen LogP contribution < -0.4 is 15.0 Å². The molecule has 0 bridgehead atoms. The monoisotopic (exact) mass is 432 g/mol. The van der Waals surface area contributed by atoms with Gasteiger partial charge in [0.2, 0.25) is 4.80 Å². The lowest BCUT2D eigenvalue weighted by molar-refractivity contribution is -0.398. The molecule has 4 aromatic rings. The highest BCUT2D eigenvalue weighted by molar-refractivity contribution is 7.16. The number of benzene rings is 3. The third-order valence-corrected chi connectivity index (χ3v) is 5.68. The SMILES string of the molecule is Cc1ccc2c(c1)s/c(=N/N=C/c1cc([N+](=O)[O-])c([O-])cc1[O-])n2Cc1ccccc1. The molecule has 0 N–H and O–H groups in total. The average molecular weight is 432 g/mol. The van der Waals surface area contributed by atoms with Crippen molar-refractivity contribution in [2.24, 2.45) is 10.2 Å². The number of thiazole rings is 1. The Kier molecular flexibility index (Phi) is 5.50. The Morgan fingerprint density at radius 1 is 1.06 bits per heavy atom. The van der Waals surface area contributed by atoms with Gasteiger partial charge in [0, 0.05) is 6.07 Å². The zero-order valence-corrected chi connectivity index (χ0v) is 17.2. The Morgan fingerprint density at radius 3 is 2.58 bits per heavy atom. The molecule has 8 nitrogen and oxygen atoms in total. The van der Waals surface area contributed by atoms with Crippen LogP contribution in [0.1, 0.15) is 16.7 Å². The largest absolute Gasteiger partial charge is 0.872 e. The van der Waals surface area contributed by atoms with E-state index in [0.29, 0.717) is 17.4 Å². The van der Waals surface area contributed by atoms with E-state index in [1.807, 2.05) is 54.0 Å². The van der Waals surface area contributed by atoms with Crippen molar-refractivity contribution in [3.63, 3.8) is 0 Å². The van der Waals surface area contributed by atoms with Crippen molar-refractivity contribution < 1.29 is 15.1 Å². The molecule has 0 aliphatic heterocycles. The van der Waals surface area contributed by atoms with Crippen LogP contribution in [0.5, 0.6) is 11.5 Å². The summed E-state index contributed by atoms with van der Waals surface area (Å²) in [5.41, 5.74) is 2.48. The minimum Gasteiger partial charge on any atom is -0.872 e. The summed E-state index contributed by atoms with van der Waals surface area (Å²) in [7, 11) is 0. The number of aryl methyl sites for hydroxylation is 1. The summed E-state index contributed by atoms with van der Waals surface area (Å²) in [6.07, 6.45) is 1.14. The van der Waals surface area contributed by atoms with Crippen molar-refractivity contribution >= 4 is 33.5 Å². The van der Waals surface area contributed by atoms with Crippen molar-refractivity contribution in [1.82, 2.24) is 4.57 Å². The predicted octanol–water partition coefficient (Wildman–Crippen LogP) is 3.05. The molecule has 156 valence electrons. The second-order valence-electron chi connectivity index (χ2n) is 6.89. The molecular formula is C22H16N4O4S-2. The van der Waals surface area contributed by atoms with E-state index in [4.69, 9.17) is 0 Å². The van der Waals surface area contributed by atoms with E-state index in [-0.39, 0.29) is 5.56 Å². The summed E-state index contributed by atoms with van der Waals surface area (Å²) in [6.45, 7) is 2.60. The standard InChI is InChI=1S/C22H18N4O4S/c1-14-7-8-17-21(9-14)31-22(25(17)13-15-5-3-2-4-6-15)24-23-12-16-10-18(26(29)30)20(28)11-19(16)27/h2-12,27-28H,13H2,1H3/p-2/b23-12+,24-22+. The van der Waals surface area contributed by atoms with Gasteiger partial charge in [-0.15, -0.1) is 10.9 Å². The minimum absolute atomic E-state index is 0.0679. The Labute approximate surface area is 180 Å². The lowest BCUT2D eigenvalue weighted by atomic mass is 10.2. The molecule has 0 amide bonds. The van der Waals surface area contributed by atoms with Crippen molar-refractivity contribution in [2.45, 2.75) is 13.5 Å². The molecule has 0 spiro atoms. The fourth-order valence-corrected chi connectivity index (χ4v) is 4.21. The van der Waals surface area contributed by atoms with E-state index in [1.165, 1.54) is 11.3 Å². The van der Waals surface area contributed by atoms with Crippen LogP contribution in [0.25, 0.3) is 10.2 Å². The lowest BCUT2D eigenvalue weighted by Gasteiger charge is -2.14. The average Bonchev–Trinajstić information content (AvgIpc) is 3.06. The number of rotatable bonds is 5. The maximum Gasteiger partial charge on any atom is 0.262 e. The molecular weight excluding hydrogens is 416 g/mol. The first-order chi connectivity index (χ1) is 14.9. The van der Waals surface area contributed by atoms with Gasteiger partial charge in [-0.25, -0.2) is 0 Å². The fourth-order valence-electron chi connectivity index (χ4n) is 3.13. The topological polar surface area (TPSA) is 119 Å². The quantitative estimate of drug-likeness (QED) is 0.273. The first-order valence-electron chi connectivity index (χ1n) is 9.30. The van der Waals surface area contributed by atoms with Crippen LogP contribution in [0.4, 0.5) is 5.69 Å². The molecule has 0 aliphatic rings. The molecule has 0 atom stereocenters. The number of fused-ring (bicyclic) bond motifs is 1. The van der Waals surface area contributed by atoms with Crippen LogP contribution in [-0.4, -0.2) is 15.7 Å². The van der Waals surface area contributed by atoms with E-state index in [1.54, 1.807) is 0 Å². The predicted molar refractivity (Wildman–Crippen MR) is 115 cm³/mol. The maximum atomic E-state index is 12.0. The van der Waals surface area contributed by atoms with E-state index < -0.39 is 22.1 Å². The Morgan fingerprint density at radius 2 is 1.84 bits per heavy atom. The summed E-state index contributed by atoms with van der Waals surface area (Å²) < 4.78 is 3.06. The molecule has 3 aromatic carbocycles. The van der Waals surface area contributed by atoms with Gasteiger partial charge in [0.05, 0.1) is 27.9 Å². The number of nitro benzene ring substituents is 1. The second-order valence-corrected chi connectivity index (χ2v) is 7.90. The second kappa shape index (κ2) is 8.41. The van der Waals surface area contributed by atoms with Gasteiger partial charge in [0.25, 0.3) is 5.69 Å². The smallest absolute Gasteiger partial charge is 0.262 e. The zero-order chi connectivity index (χ0) is 22.0. The number of aromatic nitrogens is 1. The van der Waals surface area contributed by atoms with Gasteiger partial charge in [0.1, 0.15) is 0 Å². The Balaban J connectivity index is 1.78. The van der Waals surface area contributed by atoms with Crippen LogP contribution in [0.2, 0.25) is 0 Å². The van der Waals surface area contributed by atoms with Gasteiger partial charge in [-0.3, -0.25) is 10.1 Å². The third-order valence-electron chi connectivity index (χ3n) is 4.65. The summed E-state index contributed by atoms with van der Waals surface area (Å²) in [6, 6.07) is 17.7. The molecule has 0 aliphatic carbocycles. The number of nitro groups is 1. The highest BCUT2D eigenvalue weighted by atomic mass is 32.1. The van der Waals surface area contributed by atoms with Gasteiger partial charge in [-0.1, -0.05) is 53.8 Å².